The molecule has 0 heterocycles. The van der Waals surface area contributed by atoms with Gasteiger partial charge in [-0.1, -0.05) is 23.2 Å². The van der Waals surface area contributed by atoms with Gasteiger partial charge in [-0.2, -0.15) is 0 Å². The van der Waals surface area contributed by atoms with Crippen LogP contribution in [0.5, 0.6) is 0 Å². The standard InChI is InChI=1S/C10H8Cl2F2O2/c11-6-1-2-8(12)7(5-6)10(13,14)4-3-9(15)16/h1-2,5H,3-4H2,(H,15,16). The van der Waals surface area contributed by atoms with Gasteiger partial charge in [0.1, 0.15) is 0 Å². The normalized spacial score (nSPS) is 11.5. The minimum Gasteiger partial charge on any atom is -0.481 e. The Hall–Kier alpha value is -0.870. The van der Waals surface area contributed by atoms with Gasteiger partial charge in [0.15, 0.2) is 0 Å². The molecule has 0 saturated carbocycles. The molecule has 0 aliphatic rings. The highest BCUT2D eigenvalue weighted by Crippen LogP contribution is 2.38. The summed E-state index contributed by atoms with van der Waals surface area (Å²) >= 11 is 11.2. The minimum atomic E-state index is -3.29. The predicted octanol–water partition coefficient (Wildman–Crippen LogP) is 3.95. The Balaban J connectivity index is 2.96. The van der Waals surface area contributed by atoms with Gasteiger partial charge in [0.2, 0.25) is 0 Å². The lowest BCUT2D eigenvalue weighted by Gasteiger charge is -2.17. The summed E-state index contributed by atoms with van der Waals surface area (Å²) in [6.07, 6.45) is -1.43. The molecule has 0 fully saturated rings. The van der Waals surface area contributed by atoms with E-state index in [1.54, 1.807) is 0 Å². The summed E-state index contributed by atoms with van der Waals surface area (Å²) < 4.78 is 27.1. The predicted molar refractivity (Wildman–Crippen MR) is 57.2 cm³/mol. The first-order valence-electron chi connectivity index (χ1n) is 4.38. The summed E-state index contributed by atoms with van der Waals surface area (Å²) in [5.41, 5.74) is -0.442. The topological polar surface area (TPSA) is 37.3 Å². The van der Waals surface area contributed by atoms with E-state index in [9.17, 15) is 13.6 Å². The molecule has 0 spiro atoms. The number of hydrogen-bond acceptors (Lipinski definition) is 1. The third-order valence-electron chi connectivity index (χ3n) is 1.98. The first-order chi connectivity index (χ1) is 7.33. The molecular weight excluding hydrogens is 261 g/mol. The molecule has 1 N–H and O–H groups in total. The zero-order chi connectivity index (χ0) is 12.3. The van der Waals surface area contributed by atoms with Crippen molar-refractivity contribution in [2.24, 2.45) is 0 Å². The number of aliphatic carboxylic acids is 1. The van der Waals surface area contributed by atoms with Crippen molar-refractivity contribution in [2.45, 2.75) is 18.8 Å². The highest BCUT2D eigenvalue weighted by atomic mass is 35.5. The van der Waals surface area contributed by atoms with Gasteiger partial charge >= 0.3 is 5.97 Å². The second kappa shape index (κ2) is 4.97. The van der Waals surface area contributed by atoms with Crippen LogP contribution in [0.1, 0.15) is 18.4 Å². The molecule has 16 heavy (non-hydrogen) atoms. The number of alkyl halides is 2. The van der Waals surface area contributed by atoms with E-state index in [0.29, 0.717) is 0 Å². The monoisotopic (exact) mass is 268 g/mol. The van der Waals surface area contributed by atoms with Crippen molar-refractivity contribution in [1.29, 1.82) is 0 Å². The fourth-order valence-corrected chi connectivity index (χ4v) is 1.60. The third kappa shape index (κ3) is 3.32. The Morgan fingerprint density at radius 2 is 2.00 bits per heavy atom. The Morgan fingerprint density at radius 3 is 2.56 bits per heavy atom. The molecule has 0 unspecified atom stereocenters. The molecule has 0 aromatic heterocycles. The van der Waals surface area contributed by atoms with Crippen molar-refractivity contribution in [3.63, 3.8) is 0 Å². The summed E-state index contributed by atoms with van der Waals surface area (Å²) in [5.74, 6) is -4.57. The number of carboxylic acid groups (broad SMARTS) is 1. The van der Waals surface area contributed by atoms with Crippen molar-refractivity contribution >= 4 is 29.2 Å². The van der Waals surface area contributed by atoms with E-state index in [4.69, 9.17) is 28.3 Å². The molecule has 0 saturated heterocycles. The lowest BCUT2D eigenvalue weighted by molar-refractivity contribution is -0.139. The lowest BCUT2D eigenvalue weighted by atomic mass is 10.0. The Kier molecular flexibility index (Phi) is 4.10. The number of halogens is 4. The van der Waals surface area contributed by atoms with Crippen LogP contribution in [0.2, 0.25) is 10.0 Å². The van der Waals surface area contributed by atoms with Crippen LogP contribution in [0.25, 0.3) is 0 Å². The van der Waals surface area contributed by atoms with Gasteiger partial charge < -0.3 is 5.11 Å². The molecule has 0 atom stereocenters. The first-order valence-corrected chi connectivity index (χ1v) is 5.13. The molecule has 0 amide bonds. The van der Waals surface area contributed by atoms with Crippen LogP contribution < -0.4 is 0 Å². The molecule has 0 bridgehead atoms. The molecule has 0 aliphatic carbocycles. The van der Waals surface area contributed by atoms with Crippen LogP contribution >= 0.6 is 23.2 Å². The van der Waals surface area contributed by atoms with E-state index in [2.05, 4.69) is 0 Å². The molecule has 1 rings (SSSR count). The lowest BCUT2D eigenvalue weighted by Crippen LogP contribution is -2.16. The van der Waals surface area contributed by atoms with E-state index in [1.807, 2.05) is 0 Å². The minimum absolute atomic E-state index is 0.125. The van der Waals surface area contributed by atoms with E-state index in [0.717, 1.165) is 6.07 Å². The summed E-state index contributed by atoms with van der Waals surface area (Å²) in [6.45, 7) is 0. The van der Waals surface area contributed by atoms with Gasteiger partial charge in [-0.15, -0.1) is 0 Å². The average Bonchev–Trinajstić information content (AvgIpc) is 2.19. The zero-order valence-corrected chi connectivity index (χ0v) is 9.53. The maximum absolute atomic E-state index is 13.6. The van der Waals surface area contributed by atoms with Crippen molar-refractivity contribution in [2.75, 3.05) is 0 Å². The largest absolute Gasteiger partial charge is 0.481 e. The SMILES string of the molecule is O=C(O)CCC(F)(F)c1cc(Cl)ccc1Cl. The van der Waals surface area contributed by atoms with Gasteiger partial charge in [-0.05, 0) is 18.2 Å². The molecular formula is C10H8Cl2F2O2. The van der Waals surface area contributed by atoms with E-state index >= 15 is 0 Å². The highest BCUT2D eigenvalue weighted by molar-refractivity contribution is 6.33. The quantitative estimate of drug-likeness (QED) is 0.898. The van der Waals surface area contributed by atoms with Gasteiger partial charge in [-0.3, -0.25) is 4.79 Å². The van der Waals surface area contributed by atoms with E-state index in [-0.39, 0.29) is 10.0 Å². The fourth-order valence-electron chi connectivity index (χ4n) is 1.18. The van der Waals surface area contributed by atoms with Crippen LogP contribution in [0, 0.1) is 0 Å². The second-order valence-electron chi connectivity index (χ2n) is 3.22. The molecule has 6 heteroatoms. The Labute approximate surface area is 101 Å². The van der Waals surface area contributed by atoms with Gasteiger partial charge in [0.05, 0.1) is 6.42 Å². The van der Waals surface area contributed by atoms with Crippen LogP contribution in [0.15, 0.2) is 18.2 Å². The number of hydrogen-bond donors (Lipinski definition) is 1. The average molecular weight is 269 g/mol. The van der Waals surface area contributed by atoms with Crippen molar-refractivity contribution in [1.82, 2.24) is 0 Å². The smallest absolute Gasteiger partial charge is 0.303 e. The first kappa shape index (κ1) is 13.2. The number of benzene rings is 1. The summed E-state index contributed by atoms with van der Waals surface area (Å²) in [6, 6.07) is 3.69. The van der Waals surface area contributed by atoms with Gasteiger partial charge in [-0.25, -0.2) is 8.78 Å². The molecule has 1 aromatic carbocycles. The third-order valence-corrected chi connectivity index (χ3v) is 2.54. The Bertz CT molecular complexity index is 408. The fraction of sp³-hybridized carbons (Fsp3) is 0.300. The van der Waals surface area contributed by atoms with Crippen LogP contribution in [-0.4, -0.2) is 11.1 Å². The summed E-state index contributed by atoms with van der Waals surface area (Å²) in [4.78, 5) is 10.2. The summed E-state index contributed by atoms with van der Waals surface area (Å²) in [7, 11) is 0. The van der Waals surface area contributed by atoms with E-state index in [1.165, 1.54) is 12.1 Å². The Morgan fingerprint density at radius 1 is 1.38 bits per heavy atom. The van der Waals surface area contributed by atoms with E-state index < -0.39 is 30.3 Å². The number of carbonyl (C=O) groups is 1. The molecule has 88 valence electrons. The second-order valence-corrected chi connectivity index (χ2v) is 4.07. The molecule has 1 aromatic rings. The number of rotatable bonds is 4. The summed E-state index contributed by atoms with van der Waals surface area (Å²) in [5, 5.41) is 8.36. The van der Waals surface area contributed by atoms with Crippen LogP contribution in [-0.2, 0) is 10.7 Å². The van der Waals surface area contributed by atoms with Gasteiger partial charge in [0, 0.05) is 22.0 Å². The van der Waals surface area contributed by atoms with Crippen molar-refractivity contribution in [3.05, 3.63) is 33.8 Å². The molecule has 0 radical (unpaired) electrons. The van der Waals surface area contributed by atoms with Crippen molar-refractivity contribution in [3.8, 4) is 0 Å². The zero-order valence-electron chi connectivity index (χ0n) is 8.01. The maximum atomic E-state index is 13.6. The van der Waals surface area contributed by atoms with Crippen LogP contribution in [0.4, 0.5) is 8.78 Å². The van der Waals surface area contributed by atoms with Crippen LogP contribution in [0.3, 0.4) is 0 Å². The number of carboxylic acids is 1. The van der Waals surface area contributed by atoms with Gasteiger partial charge in [0.25, 0.3) is 5.92 Å². The molecule has 2 nitrogen and oxygen atoms in total. The van der Waals surface area contributed by atoms with Crippen molar-refractivity contribution < 1.29 is 18.7 Å². The highest BCUT2D eigenvalue weighted by Gasteiger charge is 2.34. The maximum Gasteiger partial charge on any atom is 0.303 e. The molecule has 0 aliphatic heterocycles.